The molecule has 2 atom stereocenters. The predicted octanol–water partition coefficient (Wildman–Crippen LogP) is 5.87. The van der Waals surface area contributed by atoms with Gasteiger partial charge in [0.2, 0.25) is 5.91 Å². The van der Waals surface area contributed by atoms with Crippen molar-refractivity contribution < 1.29 is 32.3 Å². The zero-order valence-electron chi connectivity index (χ0n) is 21.9. The van der Waals surface area contributed by atoms with Crippen LogP contribution in [0, 0.1) is 5.82 Å². The van der Waals surface area contributed by atoms with E-state index in [0.29, 0.717) is 6.42 Å². The highest BCUT2D eigenvalue weighted by molar-refractivity contribution is 6.31. The van der Waals surface area contributed by atoms with Gasteiger partial charge in [-0.25, -0.2) is 18.0 Å². The van der Waals surface area contributed by atoms with Gasteiger partial charge in [-0.05, 0) is 57.9 Å². The van der Waals surface area contributed by atoms with Crippen molar-refractivity contribution in [2.75, 3.05) is 11.4 Å². The molecule has 39 heavy (non-hydrogen) atoms. The summed E-state index contributed by atoms with van der Waals surface area (Å²) in [5, 5.41) is 2.76. The molecule has 1 saturated heterocycles. The number of carbonyl (C=O) groups excluding carboxylic acids is 3. The Labute approximate surface area is 230 Å². The van der Waals surface area contributed by atoms with E-state index in [1.54, 1.807) is 39.0 Å². The summed E-state index contributed by atoms with van der Waals surface area (Å²) in [6, 6.07) is 8.24. The molecule has 1 aliphatic carbocycles. The maximum Gasteiger partial charge on any atom is 0.410 e. The van der Waals surface area contributed by atoms with Crippen LogP contribution in [0.4, 0.5) is 23.7 Å². The first-order valence-corrected chi connectivity index (χ1v) is 13.1. The largest absolute Gasteiger partial charge is 0.444 e. The Hall–Kier alpha value is -3.27. The molecule has 1 saturated carbocycles. The van der Waals surface area contributed by atoms with Crippen molar-refractivity contribution >= 4 is 35.2 Å². The van der Waals surface area contributed by atoms with Crippen LogP contribution in [-0.4, -0.2) is 53.0 Å². The number of rotatable bonds is 6. The number of hydrogen-bond donors (Lipinski definition) is 1. The van der Waals surface area contributed by atoms with Crippen LogP contribution >= 0.6 is 11.6 Å². The molecule has 2 aromatic rings. The maximum absolute atomic E-state index is 14.4. The second-order valence-corrected chi connectivity index (χ2v) is 11.3. The fraction of sp³-hybridized carbons (Fsp3) is 0.464. The molecular weight excluding hydrogens is 535 g/mol. The summed E-state index contributed by atoms with van der Waals surface area (Å²) in [5.41, 5.74) is -0.530. The molecule has 0 spiro atoms. The molecule has 0 bridgehead atoms. The fourth-order valence-electron chi connectivity index (χ4n) is 4.89. The van der Waals surface area contributed by atoms with E-state index in [1.807, 2.05) is 0 Å². The van der Waals surface area contributed by atoms with Crippen molar-refractivity contribution in [1.82, 2.24) is 10.2 Å². The first kappa shape index (κ1) is 28.7. The third-order valence-corrected chi connectivity index (χ3v) is 6.98. The molecule has 1 N–H and O–H groups in total. The molecule has 11 heteroatoms. The highest BCUT2D eigenvalue weighted by Crippen LogP contribution is 2.39. The van der Waals surface area contributed by atoms with E-state index in [0.717, 1.165) is 11.0 Å². The molecule has 3 amide bonds. The van der Waals surface area contributed by atoms with Crippen molar-refractivity contribution in [3.05, 3.63) is 64.9 Å². The van der Waals surface area contributed by atoms with Crippen LogP contribution in [0.5, 0.6) is 0 Å². The SMILES string of the molecule is CC(C)(C)OC(=O)N1CCCC1C(=O)N(c1cccc(F)c1)C(C(=O)NC1CC(F)(F)C1)c1ccccc1Cl. The van der Waals surface area contributed by atoms with Crippen LogP contribution in [-0.2, 0) is 14.3 Å². The zero-order valence-corrected chi connectivity index (χ0v) is 22.7. The van der Waals surface area contributed by atoms with E-state index in [-0.39, 0.29) is 29.2 Å². The minimum atomic E-state index is -2.88. The Kier molecular flexibility index (Phi) is 8.16. The van der Waals surface area contributed by atoms with E-state index >= 15 is 0 Å². The molecule has 2 aromatic carbocycles. The van der Waals surface area contributed by atoms with Crippen LogP contribution in [0.3, 0.4) is 0 Å². The third-order valence-electron chi connectivity index (χ3n) is 6.63. The molecule has 1 aliphatic heterocycles. The highest BCUT2D eigenvalue weighted by Gasteiger charge is 2.48. The number of nitrogens with zero attached hydrogens (tertiary/aromatic N) is 2. The Morgan fingerprint density at radius 2 is 1.82 bits per heavy atom. The number of benzene rings is 2. The Bertz CT molecular complexity index is 1240. The van der Waals surface area contributed by atoms with Gasteiger partial charge in [-0.2, -0.15) is 0 Å². The summed E-state index contributed by atoms with van der Waals surface area (Å²) in [7, 11) is 0. The van der Waals surface area contributed by atoms with Crippen molar-refractivity contribution in [2.45, 2.75) is 76.1 Å². The van der Waals surface area contributed by atoms with E-state index < -0.39 is 66.2 Å². The van der Waals surface area contributed by atoms with Crippen molar-refractivity contribution in [3.63, 3.8) is 0 Å². The van der Waals surface area contributed by atoms with Gasteiger partial charge in [0.25, 0.3) is 11.8 Å². The van der Waals surface area contributed by atoms with Crippen molar-refractivity contribution in [2.24, 2.45) is 0 Å². The Balaban J connectivity index is 1.77. The molecule has 7 nitrogen and oxygen atoms in total. The lowest BCUT2D eigenvalue weighted by molar-refractivity contribution is -0.133. The minimum absolute atomic E-state index is 0.0510. The number of hydrogen-bond acceptors (Lipinski definition) is 4. The number of nitrogens with one attached hydrogen (secondary N) is 1. The number of alkyl halides is 2. The van der Waals surface area contributed by atoms with E-state index in [1.165, 1.54) is 29.2 Å². The van der Waals surface area contributed by atoms with Crippen LogP contribution in [0.25, 0.3) is 0 Å². The number of halogens is 4. The van der Waals surface area contributed by atoms with Gasteiger partial charge < -0.3 is 10.1 Å². The average Bonchev–Trinajstić information content (AvgIpc) is 3.31. The quantitative estimate of drug-likeness (QED) is 0.475. The predicted molar refractivity (Wildman–Crippen MR) is 140 cm³/mol. The number of ether oxygens (including phenoxy) is 1. The second kappa shape index (κ2) is 11.1. The molecular formula is C28H31ClF3N3O4. The van der Waals surface area contributed by atoms with Gasteiger partial charge >= 0.3 is 6.09 Å². The van der Waals surface area contributed by atoms with E-state index in [9.17, 15) is 27.6 Å². The summed E-state index contributed by atoms with van der Waals surface area (Å²) in [6.07, 6.45) is -0.955. The highest BCUT2D eigenvalue weighted by atomic mass is 35.5. The topological polar surface area (TPSA) is 79.0 Å². The molecule has 0 radical (unpaired) electrons. The number of likely N-dealkylation sites (tertiary alicyclic amines) is 1. The van der Waals surface area contributed by atoms with Crippen LogP contribution < -0.4 is 10.2 Å². The lowest BCUT2D eigenvalue weighted by Gasteiger charge is -2.39. The molecule has 0 aromatic heterocycles. The number of anilines is 1. The first-order chi connectivity index (χ1) is 18.3. The molecule has 210 valence electrons. The Morgan fingerprint density at radius 1 is 1.13 bits per heavy atom. The monoisotopic (exact) mass is 565 g/mol. The van der Waals surface area contributed by atoms with E-state index in [4.69, 9.17) is 16.3 Å². The van der Waals surface area contributed by atoms with Crippen LogP contribution in [0.2, 0.25) is 5.02 Å². The maximum atomic E-state index is 14.4. The lowest BCUT2D eigenvalue weighted by Crippen LogP contribution is -2.56. The van der Waals surface area contributed by atoms with Gasteiger partial charge in [-0.3, -0.25) is 19.4 Å². The van der Waals surface area contributed by atoms with Crippen molar-refractivity contribution in [3.8, 4) is 0 Å². The standard InChI is InChI=1S/C28H31ClF3N3O4/c1-27(2,3)39-26(38)34-13-7-12-22(34)25(37)35(19-9-6-8-17(30)14-19)23(20-10-4-5-11-21(20)29)24(36)33-18-15-28(31,32)16-18/h4-6,8-11,14,18,22-23H,7,12-13,15-16H2,1-3H3,(H,33,36). The molecule has 1 heterocycles. The smallest absolute Gasteiger partial charge is 0.410 e. The summed E-state index contributed by atoms with van der Waals surface area (Å²) in [6.45, 7) is 5.37. The minimum Gasteiger partial charge on any atom is -0.444 e. The summed E-state index contributed by atoms with van der Waals surface area (Å²) < 4.78 is 47.0. The summed E-state index contributed by atoms with van der Waals surface area (Å²) in [4.78, 5) is 43.3. The fourth-order valence-corrected chi connectivity index (χ4v) is 5.13. The van der Waals surface area contributed by atoms with Gasteiger partial charge in [0.05, 0.1) is 0 Å². The molecule has 4 rings (SSSR count). The van der Waals surface area contributed by atoms with Gasteiger partial charge in [-0.15, -0.1) is 0 Å². The first-order valence-electron chi connectivity index (χ1n) is 12.8. The molecule has 2 fully saturated rings. The normalized spacial score (nSPS) is 19.7. The molecule has 2 unspecified atom stereocenters. The summed E-state index contributed by atoms with van der Waals surface area (Å²) in [5.74, 6) is -4.93. The zero-order chi connectivity index (χ0) is 28.5. The summed E-state index contributed by atoms with van der Waals surface area (Å²) >= 11 is 6.48. The van der Waals surface area contributed by atoms with E-state index in [2.05, 4.69) is 5.32 Å². The third kappa shape index (κ3) is 6.66. The van der Waals surface area contributed by atoms with Gasteiger partial charge in [-0.1, -0.05) is 35.9 Å². The lowest BCUT2D eigenvalue weighted by atomic mass is 9.87. The Morgan fingerprint density at radius 3 is 2.44 bits per heavy atom. The number of amides is 3. The average molecular weight is 566 g/mol. The van der Waals surface area contributed by atoms with Gasteiger partial charge in [0.15, 0.2) is 0 Å². The second-order valence-electron chi connectivity index (χ2n) is 10.9. The van der Waals surface area contributed by atoms with Crippen LogP contribution in [0.15, 0.2) is 48.5 Å². The van der Waals surface area contributed by atoms with Crippen molar-refractivity contribution in [1.29, 1.82) is 0 Å². The van der Waals surface area contributed by atoms with Gasteiger partial charge in [0, 0.05) is 41.7 Å². The van der Waals surface area contributed by atoms with Crippen LogP contribution in [0.1, 0.15) is 58.1 Å². The number of carbonyl (C=O) groups is 3. The molecule has 2 aliphatic rings. The van der Waals surface area contributed by atoms with Gasteiger partial charge in [0.1, 0.15) is 23.5 Å².